The van der Waals surface area contributed by atoms with Gasteiger partial charge >= 0.3 is 0 Å². The molecule has 1 atom stereocenters. The second-order valence-electron chi connectivity index (χ2n) is 4.87. The predicted molar refractivity (Wildman–Crippen MR) is 73.4 cm³/mol. The molecular formula is C14H21NS. The molecule has 0 spiro atoms. The normalized spacial score (nSPS) is 16.5. The molecule has 1 aliphatic rings. The molecule has 0 saturated heterocycles. The van der Waals surface area contributed by atoms with Crippen LogP contribution >= 0.6 is 12.6 Å². The van der Waals surface area contributed by atoms with E-state index in [2.05, 4.69) is 49.8 Å². The SMILES string of the molecule is CN(C)C(CCS)c1ccc2c(c1)CCC2. The minimum atomic E-state index is 0.517. The second-order valence-corrected chi connectivity index (χ2v) is 5.32. The van der Waals surface area contributed by atoms with Crippen molar-refractivity contribution in [1.82, 2.24) is 4.90 Å². The van der Waals surface area contributed by atoms with Gasteiger partial charge in [-0.05, 0) is 62.2 Å². The third kappa shape index (κ3) is 2.44. The summed E-state index contributed by atoms with van der Waals surface area (Å²) in [7, 11) is 4.31. The Bertz CT molecular complexity index is 360. The van der Waals surface area contributed by atoms with Gasteiger partial charge in [-0.2, -0.15) is 12.6 Å². The molecule has 0 N–H and O–H groups in total. The number of benzene rings is 1. The summed E-state index contributed by atoms with van der Waals surface area (Å²) in [6.07, 6.45) is 4.99. The third-order valence-electron chi connectivity index (χ3n) is 3.53. The third-order valence-corrected chi connectivity index (χ3v) is 3.79. The molecular weight excluding hydrogens is 214 g/mol. The Morgan fingerprint density at radius 2 is 2.00 bits per heavy atom. The lowest BCUT2D eigenvalue weighted by molar-refractivity contribution is 0.293. The monoisotopic (exact) mass is 235 g/mol. The molecule has 0 amide bonds. The van der Waals surface area contributed by atoms with Crippen LogP contribution in [0.15, 0.2) is 18.2 Å². The van der Waals surface area contributed by atoms with Crippen molar-refractivity contribution >= 4 is 12.6 Å². The van der Waals surface area contributed by atoms with Crippen molar-refractivity contribution in [2.24, 2.45) is 0 Å². The van der Waals surface area contributed by atoms with E-state index in [0.29, 0.717) is 6.04 Å². The van der Waals surface area contributed by atoms with Crippen LogP contribution in [0.3, 0.4) is 0 Å². The standard InChI is InChI=1S/C14H21NS/c1-15(2)14(8-9-16)13-7-6-11-4-3-5-12(11)10-13/h6-7,10,14,16H,3-5,8-9H2,1-2H3. The number of aryl methyl sites for hydroxylation is 2. The molecule has 88 valence electrons. The van der Waals surface area contributed by atoms with Crippen molar-refractivity contribution in [2.75, 3.05) is 19.8 Å². The van der Waals surface area contributed by atoms with Gasteiger partial charge < -0.3 is 4.90 Å². The van der Waals surface area contributed by atoms with E-state index in [4.69, 9.17) is 0 Å². The summed E-state index contributed by atoms with van der Waals surface area (Å²) in [5.74, 6) is 0.944. The first-order valence-electron chi connectivity index (χ1n) is 6.11. The topological polar surface area (TPSA) is 3.24 Å². The average molecular weight is 235 g/mol. The van der Waals surface area contributed by atoms with Crippen molar-refractivity contribution < 1.29 is 0 Å². The summed E-state index contributed by atoms with van der Waals surface area (Å²) in [6.45, 7) is 0. The van der Waals surface area contributed by atoms with Crippen LogP contribution in [0, 0.1) is 0 Å². The van der Waals surface area contributed by atoms with E-state index in [1.807, 2.05) is 0 Å². The van der Waals surface area contributed by atoms with Crippen molar-refractivity contribution in [3.63, 3.8) is 0 Å². The summed E-state index contributed by atoms with van der Waals surface area (Å²) < 4.78 is 0. The first-order valence-corrected chi connectivity index (χ1v) is 6.74. The maximum atomic E-state index is 4.36. The molecule has 1 aliphatic carbocycles. The highest BCUT2D eigenvalue weighted by Crippen LogP contribution is 2.28. The number of nitrogens with zero attached hydrogens (tertiary/aromatic N) is 1. The van der Waals surface area contributed by atoms with E-state index < -0.39 is 0 Å². The molecule has 2 rings (SSSR count). The van der Waals surface area contributed by atoms with Crippen LogP contribution in [-0.2, 0) is 12.8 Å². The summed E-state index contributed by atoms with van der Waals surface area (Å²) in [5, 5.41) is 0. The minimum Gasteiger partial charge on any atom is -0.302 e. The van der Waals surface area contributed by atoms with Crippen LogP contribution in [-0.4, -0.2) is 24.7 Å². The van der Waals surface area contributed by atoms with Gasteiger partial charge in [0.15, 0.2) is 0 Å². The number of hydrogen-bond donors (Lipinski definition) is 1. The number of thiol groups is 1. The van der Waals surface area contributed by atoms with Crippen LogP contribution in [0.2, 0.25) is 0 Å². The summed E-state index contributed by atoms with van der Waals surface area (Å²) in [5.41, 5.74) is 4.59. The van der Waals surface area contributed by atoms with Gasteiger partial charge in [0.2, 0.25) is 0 Å². The lowest BCUT2D eigenvalue weighted by Crippen LogP contribution is -2.20. The van der Waals surface area contributed by atoms with Gasteiger partial charge in [-0.1, -0.05) is 18.2 Å². The lowest BCUT2D eigenvalue weighted by atomic mass is 9.99. The van der Waals surface area contributed by atoms with Crippen molar-refractivity contribution in [1.29, 1.82) is 0 Å². The van der Waals surface area contributed by atoms with Gasteiger partial charge in [-0.25, -0.2) is 0 Å². The molecule has 0 saturated carbocycles. The van der Waals surface area contributed by atoms with Crippen molar-refractivity contribution in [2.45, 2.75) is 31.7 Å². The van der Waals surface area contributed by atoms with Gasteiger partial charge in [-0.15, -0.1) is 0 Å². The van der Waals surface area contributed by atoms with Crippen molar-refractivity contribution in [3.8, 4) is 0 Å². The van der Waals surface area contributed by atoms with Gasteiger partial charge in [0.05, 0.1) is 0 Å². The largest absolute Gasteiger partial charge is 0.302 e. The average Bonchev–Trinajstić information content (AvgIpc) is 2.72. The predicted octanol–water partition coefficient (Wildman–Crippen LogP) is 3.10. The van der Waals surface area contributed by atoms with Crippen LogP contribution in [0.25, 0.3) is 0 Å². The molecule has 0 bridgehead atoms. The Morgan fingerprint density at radius 1 is 1.25 bits per heavy atom. The fourth-order valence-electron chi connectivity index (χ4n) is 2.64. The van der Waals surface area contributed by atoms with E-state index in [0.717, 1.165) is 12.2 Å². The Balaban J connectivity index is 2.24. The fourth-order valence-corrected chi connectivity index (χ4v) is 2.89. The first kappa shape index (κ1) is 12.0. The maximum Gasteiger partial charge on any atom is 0.0349 e. The number of hydrogen-bond acceptors (Lipinski definition) is 2. The maximum absolute atomic E-state index is 4.36. The zero-order chi connectivity index (χ0) is 11.5. The number of rotatable bonds is 4. The molecule has 2 heteroatoms. The molecule has 1 unspecified atom stereocenters. The van der Waals surface area contributed by atoms with Crippen LogP contribution in [0.5, 0.6) is 0 Å². The molecule has 0 radical (unpaired) electrons. The Labute approximate surface area is 104 Å². The first-order chi connectivity index (χ1) is 7.72. The van der Waals surface area contributed by atoms with Crippen LogP contribution in [0.4, 0.5) is 0 Å². The van der Waals surface area contributed by atoms with Crippen LogP contribution < -0.4 is 0 Å². The molecule has 0 fully saturated rings. The van der Waals surface area contributed by atoms with E-state index in [1.165, 1.54) is 24.8 Å². The number of fused-ring (bicyclic) bond motifs is 1. The molecule has 0 heterocycles. The zero-order valence-corrected chi connectivity index (χ0v) is 11.1. The highest BCUT2D eigenvalue weighted by atomic mass is 32.1. The smallest absolute Gasteiger partial charge is 0.0349 e. The van der Waals surface area contributed by atoms with E-state index in [-0.39, 0.29) is 0 Å². The van der Waals surface area contributed by atoms with E-state index in [1.54, 1.807) is 11.1 Å². The quantitative estimate of drug-likeness (QED) is 0.785. The Kier molecular flexibility index (Phi) is 3.93. The molecule has 0 aliphatic heterocycles. The lowest BCUT2D eigenvalue weighted by Gasteiger charge is -2.24. The van der Waals surface area contributed by atoms with Gasteiger partial charge in [0.25, 0.3) is 0 Å². The summed E-state index contributed by atoms with van der Waals surface area (Å²) in [6, 6.07) is 7.56. The van der Waals surface area contributed by atoms with Gasteiger partial charge in [0.1, 0.15) is 0 Å². The van der Waals surface area contributed by atoms with Crippen LogP contribution in [0.1, 0.15) is 35.6 Å². The Morgan fingerprint density at radius 3 is 2.69 bits per heavy atom. The molecule has 0 aromatic heterocycles. The van der Waals surface area contributed by atoms with Crippen molar-refractivity contribution in [3.05, 3.63) is 34.9 Å². The minimum absolute atomic E-state index is 0.517. The Hall–Kier alpha value is -0.470. The molecule has 16 heavy (non-hydrogen) atoms. The molecule has 1 aromatic rings. The highest BCUT2D eigenvalue weighted by molar-refractivity contribution is 7.80. The van der Waals surface area contributed by atoms with E-state index in [9.17, 15) is 0 Å². The van der Waals surface area contributed by atoms with E-state index >= 15 is 0 Å². The summed E-state index contributed by atoms with van der Waals surface area (Å²) >= 11 is 4.36. The highest BCUT2D eigenvalue weighted by Gasteiger charge is 2.16. The summed E-state index contributed by atoms with van der Waals surface area (Å²) in [4.78, 5) is 2.30. The fraction of sp³-hybridized carbons (Fsp3) is 0.571. The molecule has 1 nitrogen and oxygen atoms in total. The van der Waals surface area contributed by atoms with Gasteiger partial charge in [-0.3, -0.25) is 0 Å². The van der Waals surface area contributed by atoms with Gasteiger partial charge in [0, 0.05) is 6.04 Å². The zero-order valence-electron chi connectivity index (χ0n) is 10.2. The molecule has 1 aromatic carbocycles. The second kappa shape index (κ2) is 5.24.